The first-order valence-corrected chi connectivity index (χ1v) is 14.1. The number of thioether (sulfide) groups is 1. The number of anilines is 1. The van der Waals surface area contributed by atoms with E-state index in [9.17, 15) is 22.8 Å². The largest absolute Gasteiger partial charge is 0.493 e. The zero-order valence-corrected chi connectivity index (χ0v) is 25.1. The maximum Gasteiger partial charge on any atom is 0.416 e. The average molecular weight is 634 g/mol. The number of rotatable bonds is 10. The van der Waals surface area contributed by atoms with Gasteiger partial charge in [-0.05, 0) is 67.4 Å². The van der Waals surface area contributed by atoms with E-state index in [4.69, 9.17) is 21.1 Å². The summed E-state index contributed by atoms with van der Waals surface area (Å²) in [5, 5.41) is 14.1. The maximum atomic E-state index is 13.1. The summed E-state index contributed by atoms with van der Waals surface area (Å²) >= 11 is 7.05. The minimum absolute atomic E-state index is 0.000158. The van der Waals surface area contributed by atoms with Crippen molar-refractivity contribution in [2.24, 2.45) is 0 Å². The van der Waals surface area contributed by atoms with Crippen molar-refractivity contribution in [1.82, 2.24) is 20.1 Å². The van der Waals surface area contributed by atoms with Crippen LogP contribution in [0.15, 0.2) is 59.8 Å². The van der Waals surface area contributed by atoms with Crippen LogP contribution >= 0.6 is 23.4 Å². The van der Waals surface area contributed by atoms with E-state index >= 15 is 0 Å². The number of alkyl halides is 3. The molecule has 2 amide bonds. The highest BCUT2D eigenvalue weighted by atomic mass is 35.5. The van der Waals surface area contributed by atoms with Gasteiger partial charge >= 0.3 is 6.18 Å². The zero-order valence-electron chi connectivity index (χ0n) is 23.5. The molecule has 0 saturated heterocycles. The van der Waals surface area contributed by atoms with Gasteiger partial charge in [0.1, 0.15) is 0 Å². The summed E-state index contributed by atoms with van der Waals surface area (Å²) in [5.41, 5.74) is 1.84. The van der Waals surface area contributed by atoms with Crippen LogP contribution in [0.4, 0.5) is 18.9 Å². The number of aromatic nitrogens is 3. The lowest BCUT2D eigenvalue weighted by atomic mass is 10.1. The van der Waals surface area contributed by atoms with Crippen LogP contribution in [0.25, 0.3) is 5.69 Å². The second-order valence-electron chi connectivity index (χ2n) is 9.31. The fourth-order valence-corrected chi connectivity index (χ4v) is 4.99. The van der Waals surface area contributed by atoms with Gasteiger partial charge in [-0.3, -0.25) is 14.2 Å². The number of nitrogens with zero attached hydrogens (tertiary/aromatic N) is 3. The summed E-state index contributed by atoms with van der Waals surface area (Å²) in [6.45, 7) is 3.82. The molecule has 43 heavy (non-hydrogen) atoms. The maximum absolute atomic E-state index is 13.1. The summed E-state index contributed by atoms with van der Waals surface area (Å²) in [4.78, 5) is 25.7. The first-order valence-electron chi connectivity index (χ1n) is 12.7. The smallest absolute Gasteiger partial charge is 0.416 e. The molecule has 0 saturated carbocycles. The molecule has 0 radical (unpaired) electrons. The highest BCUT2D eigenvalue weighted by molar-refractivity contribution is 7.99. The van der Waals surface area contributed by atoms with E-state index < -0.39 is 17.6 Å². The predicted molar refractivity (Wildman–Crippen MR) is 157 cm³/mol. The number of nitrogens with one attached hydrogen (secondary N) is 2. The molecule has 4 aromatic rings. The van der Waals surface area contributed by atoms with Gasteiger partial charge in [0.15, 0.2) is 22.5 Å². The quantitative estimate of drug-likeness (QED) is 0.199. The van der Waals surface area contributed by atoms with Crippen LogP contribution in [0.2, 0.25) is 5.02 Å². The minimum atomic E-state index is -4.59. The molecule has 0 aliphatic heterocycles. The lowest BCUT2D eigenvalue weighted by Crippen LogP contribution is -2.25. The third-order valence-corrected chi connectivity index (χ3v) is 7.52. The number of methoxy groups -OCH3 is 2. The number of ether oxygens (including phenoxy) is 2. The summed E-state index contributed by atoms with van der Waals surface area (Å²) in [6, 6.07) is 13.3. The van der Waals surface area contributed by atoms with Crippen molar-refractivity contribution >= 4 is 40.9 Å². The number of hydrogen-bond donors (Lipinski definition) is 2. The Bertz CT molecular complexity index is 1660. The van der Waals surface area contributed by atoms with Gasteiger partial charge in [0.25, 0.3) is 5.91 Å². The molecule has 0 aliphatic rings. The van der Waals surface area contributed by atoms with E-state index in [1.807, 2.05) is 32.0 Å². The molecule has 2 N–H and O–H groups in total. The molecule has 0 atom stereocenters. The van der Waals surface area contributed by atoms with Crippen molar-refractivity contribution in [3.63, 3.8) is 0 Å². The fraction of sp³-hybridized carbons (Fsp3) is 0.241. The molecular weight excluding hydrogens is 607 g/mol. The van der Waals surface area contributed by atoms with Crippen LogP contribution in [-0.4, -0.2) is 46.6 Å². The van der Waals surface area contributed by atoms with Crippen LogP contribution in [0.5, 0.6) is 11.5 Å². The average Bonchev–Trinajstić information content (AvgIpc) is 3.38. The van der Waals surface area contributed by atoms with E-state index in [0.29, 0.717) is 28.0 Å². The Kier molecular flexibility index (Phi) is 9.87. The predicted octanol–water partition coefficient (Wildman–Crippen LogP) is 6.23. The van der Waals surface area contributed by atoms with Gasteiger partial charge in [-0.2, -0.15) is 13.2 Å². The second kappa shape index (κ2) is 13.4. The van der Waals surface area contributed by atoms with E-state index in [0.717, 1.165) is 46.8 Å². The summed E-state index contributed by atoms with van der Waals surface area (Å²) in [6.07, 6.45) is -4.59. The Labute approximate surface area is 254 Å². The molecule has 0 aliphatic carbocycles. The van der Waals surface area contributed by atoms with Gasteiger partial charge in [0.2, 0.25) is 5.91 Å². The van der Waals surface area contributed by atoms with Crippen LogP contribution in [-0.2, 0) is 17.5 Å². The minimum Gasteiger partial charge on any atom is -0.493 e. The Hall–Kier alpha value is -4.23. The molecule has 0 fully saturated rings. The molecule has 0 bridgehead atoms. The summed E-state index contributed by atoms with van der Waals surface area (Å²) in [5.74, 6) is 0.0966. The zero-order chi connectivity index (χ0) is 31.3. The van der Waals surface area contributed by atoms with Gasteiger partial charge in [-0.1, -0.05) is 35.5 Å². The molecule has 1 aromatic heterocycles. The SMILES string of the molecule is COc1ccc(C(=O)NCc2nnc(SCC(=O)Nc3cc(C(F)(F)F)ccc3Cl)n2-c2cc(C)ccc2C)cc1OC. The Morgan fingerprint density at radius 2 is 1.72 bits per heavy atom. The molecule has 226 valence electrons. The van der Waals surface area contributed by atoms with Crippen LogP contribution < -0.4 is 20.1 Å². The molecule has 9 nitrogen and oxygen atoms in total. The lowest BCUT2D eigenvalue weighted by molar-refractivity contribution is -0.137. The second-order valence-corrected chi connectivity index (χ2v) is 10.7. The molecule has 14 heteroatoms. The van der Waals surface area contributed by atoms with E-state index in [1.54, 1.807) is 22.8 Å². The van der Waals surface area contributed by atoms with E-state index in [2.05, 4.69) is 20.8 Å². The van der Waals surface area contributed by atoms with Gasteiger partial charge < -0.3 is 20.1 Å². The van der Waals surface area contributed by atoms with Crippen molar-refractivity contribution in [2.45, 2.75) is 31.7 Å². The Morgan fingerprint density at radius 3 is 2.42 bits per heavy atom. The Morgan fingerprint density at radius 1 is 0.977 bits per heavy atom. The third kappa shape index (κ3) is 7.59. The summed E-state index contributed by atoms with van der Waals surface area (Å²) in [7, 11) is 2.97. The Balaban J connectivity index is 1.55. The first kappa shape index (κ1) is 31.7. The third-order valence-electron chi connectivity index (χ3n) is 6.26. The van der Waals surface area contributed by atoms with Crippen molar-refractivity contribution in [2.75, 3.05) is 25.3 Å². The highest BCUT2D eigenvalue weighted by Crippen LogP contribution is 2.34. The van der Waals surface area contributed by atoms with Gasteiger partial charge in [-0.25, -0.2) is 0 Å². The molecule has 0 unspecified atom stereocenters. The molecule has 1 heterocycles. The van der Waals surface area contributed by atoms with E-state index in [1.165, 1.54) is 14.2 Å². The van der Waals surface area contributed by atoms with Crippen LogP contribution in [0.3, 0.4) is 0 Å². The first-order chi connectivity index (χ1) is 20.4. The number of aryl methyl sites for hydroxylation is 2. The fourth-order valence-electron chi connectivity index (χ4n) is 4.06. The molecular formula is C29H27ClF3N5O4S. The summed E-state index contributed by atoms with van der Waals surface area (Å²) < 4.78 is 51.6. The van der Waals surface area contributed by atoms with Crippen molar-refractivity contribution in [3.8, 4) is 17.2 Å². The number of halogens is 4. The highest BCUT2D eigenvalue weighted by Gasteiger charge is 2.31. The van der Waals surface area contributed by atoms with E-state index in [-0.39, 0.29) is 28.9 Å². The van der Waals surface area contributed by atoms with Crippen molar-refractivity contribution < 1.29 is 32.2 Å². The topological polar surface area (TPSA) is 107 Å². The molecule has 0 spiro atoms. The van der Waals surface area contributed by atoms with Crippen LogP contribution in [0, 0.1) is 13.8 Å². The number of benzene rings is 3. The molecule has 4 rings (SSSR count). The van der Waals surface area contributed by atoms with Crippen LogP contribution in [0.1, 0.15) is 32.9 Å². The normalized spacial score (nSPS) is 11.3. The lowest BCUT2D eigenvalue weighted by Gasteiger charge is -2.15. The van der Waals surface area contributed by atoms with Gasteiger partial charge in [0, 0.05) is 5.56 Å². The number of amides is 2. The van der Waals surface area contributed by atoms with Crippen molar-refractivity contribution in [3.05, 3.63) is 87.7 Å². The monoisotopic (exact) mass is 633 g/mol. The standard InChI is InChI=1S/C29H27ClF3N5O4S/c1-16-5-6-17(2)22(11-16)38-25(14-34-27(40)18-7-10-23(41-3)24(12-18)42-4)36-37-28(38)43-15-26(39)35-21-13-19(29(31,32)33)8-9-20(21)30/h5-13H,14-15H2,1-4H3,(H,34,40)(H,35,39). The van der Waals surface area contributed by atoms with Gasteiger partial charge in [-0.15, -0.1) is 10.2 Å². The van der Waals surface area contributed by atoms with Gasteiger partial charge in [0.05, 0.1) is 48.5 Å². The number of hydrogen-bond acceptors (Lipinski definition) is 7. The molecule has 3 aromatic carbocycles. The number of carbonyl (C=O) groups excluding carboxylic acids is 2. The van der Waals surface area contributed by atoms with Crippen molar-refractivity contribution in [1.29, 1.82) is 0 Å². The number of carbonyl (C=O) groups is 2.